The van der Waals surface area contributed by atoms with E-state index in [-0.39, 0.29) is 46.6 Å². The van der Waals surface area contributed by atoms with Gasteiger partial charge in [-0.05, 0) is 48.9 Å². The van der Waals surface area contributed by atoms with Gasteiger partial charge in [-0.2, -0.15) is 0 Å². The third-order valence-electron chi connectivity index (χ3n) is 6.25. The molecule has 6 nitrogen and oxygen atoms in total. The van der Waals surface area contributed by atoms with E-state index in [1.54, 1.807) is 18.2 Å². The van der Waals surface area contributed by atoms with Crippen molar-refractivity contribution in [2.75, 3.05) is 13.2 Å². The fourth-order valence-corrected chi connectivity index (χ4v) is 5.31. The lowest BCUT2D eigenvalue weighted by Gasteiger charge is -2.70. The minimum atomic E-state index is -0.733. The van der Waals surface area contributed by atoms with Crippen LogP contribution in [0.5, 0.6) is 17.2 Å². The largest absolute Gasteiger partial charge is 0.486 e. The quantitative estimate of drug-likeness (QED) is 0.638. The van der Waals surface area contributed by atoms with E-state index in [0.29, 0.717) is 22.9 Å². The average molecular weight is 480 g/mol. The summed E-state index contributed by atoms with van der Waals surface area (Å²) in [5.41, 5.74) is -0.368. The minimum Gasteiger partial charge on any atom is -0.486 e. The first-order valence-electron chi connectivity index (χ1n) is 10.3. The van der Waals surface area contributed by atoms with Crippen LogP contribution < -0.4 is 19.5 Å². The van der Waals surface area contributed by atoms with Gasteiger partial charge in [0.2, 0.25) is 6.10 Å². The zero-order valence-corrected chi connectivity index (χ0v) is 18.5. The Morgan fingerprint density at radius 3 is 2.66 bits per heavy atom. The number of hydrogen-bond donors (Lipinski definition) is 1. The fraction of sp³-hybridized carbons (Fsp3) is 0.391. The molecule has 0 unspecified atom stereocenters. The van der Waals surface area contributed by atoms with Crippen molar-refractivity contribution >= 4 is 34.9 Å². The van der Waals surface area contributed by atoms with Gasteiger partial charge in [0.15, 0.2) is 17.3 Å². The number of Topliss-reactive ketones (excluding diaryl/α,β-unsaturated/α-hetero) is 1. The molecule has 0 radical (unpaired) electrons. The number of carbonyl (C=O) groups excluding carboxylic acids is 2. The Kier molecular flexibility index (Phi) is 5.21. The normalized spacial score (nSPS) is 27.0. The van der Waals surface area contributed by atoms with Crippen molar-refractivity contribution in [3.63, 3.8) is 0 Å². The third kappa shape index (κ3) is 3.99. The second kappa shape index (κ2) is 7.81. The van der Waals surface area contributed by atoms with E-state index in [2.05, 4.69) is 5.32 Å². The maximum Gasteiger partial charge on any atom is 0.265 e. The molecule has 4 aliphatic rings. The standard InChI is InChI=1S/C23H20Cl2FNO5/c24-13-1-4-18-19(5-13)31-9-20(32-18)21(29)27-23-10-22(11-23,12-23)7-14(28)8-30-15-2-3-16(25)17(26)6-15/h1-6,20H,7-12H2,(H,27,29)/t20-,22?,23?/m1/s1. The number of carbonyl (C=O) groups is 2. The Morgan fingerprint density at radius 2 is 1.91 bits per heavy atom. The van der Waals surface area contributed by atoms with Crippen LogP contribution in [-0.2, 0) is 9.59 Å². The molecule has 32 heavy (non-hydrogen) atoms. The number of amides is 1. The summed E-state index contributed by atoms with van der Waals surface area (Å²) in [4.78, 5) is 25.0. The van der Waals surface area contributed by atoms with E-state index in [0.717, 1.165) is 25.3 Å². The van der Waals surface area contributed by atoms with E-state index < -0.39 is 11.9 Å². The number of nitrogens with one attached hydrogen (secondary N) is 1. The van der Waals surface area contributed by atoms with E-state index in [9.17, 15) is 14.0 Å². The summed E-state index contributed by atoms with van der Waals surface area (Å²) in [6, 6.07) is 9.08. The van der Waals surface area contributed by atoms with Gasteiger partial charge < -0.3 is 19.5 Å². The number of ketones is 1. The van der Waals surface area contributed by atoms with Gasteiger partial charge in [-0.1, -0.05) is 23.2 Å². The van der Waals surface area contributed by atoms with Crippen LogP contribution in [0.2, 0.25) is 10.0 Å². The molecule has 2 bridgehead atoms. The summed E-state index contributed by atoms with van der Waals surface area (Å²) in [5.74, 6) is 0.403. The van der Waals surface area contributed by atoms with E-state index >= 15 is 0 Å². The van der Waals surface area contributed by atoms with E-state index in [4.69, 9.17) is 37.4 Å². The number of ether oxygens (including phenoxy) is 3. The highest BCUT2D eigenvalue weighted by molar-refractivity contribution is 6.31. The summed E-state index contributed by atoms with van der Waals surface area (Å²) in [6.45, 7) is -0.0135. The Morgan fingerprint density at radius 1 is 1.12 bits per heavy atom. The molecule has 0 aromatic heterocycles. The Bertz CT molecular complexity index is 1090. The molecule has 1 aliphatic heterocycles. The van der Waals surface area contributed by atoms with Crippen LogP contribution in [0.3, 0.4) is 0 Å². The van der Waals surface area contributed by atoms with Crippen LogP contribution in [0.15, 0.2) is 36.4 Å². The van der Waals surface area contributed by atoms with Crippen LogP contribution >= 0.6 is 23.2 Å². The minimum absolute atomic E-state index is 0.00341. The lowest BCUT2D eigenvalue weighted by atomic mass is 9.38. The summed E-state index contributed by atoms with van der Waals surface area (Å²) >= 11 is 11.6. The van der Waals surface area contributed by atoms with Gasteiger partial charge in [-0.25, -0.2) is 4.39 Å². The summed E-state index contributed by atoms with van der Waals surface area (Å²) in [6.07, 6.45) is 1.87. The maximum absolute atomic E-state index is 13.5. The second-order valence-electron chi connectivity index (χ2n) is 8.89. The van der Waals surface area contributed by atoms with Crippen LogP contribution in [0.1, 0.15) is 25.7 Å². The highest BCUT2D eigenvalue weighted by atomic mass is 35.5. The summed E-state index contributed by atoms with van der Waals surface area (Å²) in [7, 11) is 0. The van der Waals surface area contributed by atoms with Crippen molar-refractivity contribution in [3.05, 3.63) is 52.3 Å². The maximum atomic E-state index is 13.5. The molecular weight excluding hydrogens is 460 g/mol. The van der Waals surface area contributed by atoms with Gasteiger partial charge in [0, 0.05) is 29.1 Å². The first-order valence-corrected chi connectivity index (χ1v) is 11.0. The molecule has 6 rings (SSSR count). The van der Waals surface area contributed by atoms with Crippen molar-refractivity contribution in [1.29, 1.82) is 0 Å². The lowest BCUT2D eigenvalue weighted by molar-refractivity contribution is -0.176. The predicted octanol–water partition coefficient (Wildman–Crippen LogP) is 4.35. The monoisotopic (exact) mass is 479 g/mol. The van der Waals surface area contributed by atoms with Gasteiger partial charge in [0.05, 0.1) is 5.02 Å². The fourth-order valence-electron chi connectivity index (χ4n) is 5.03. The van der Waals surface area contributed by atoms with Crippen LogP contribution in [0.4, 0.5) is 4.39 Å². The predicted molar refractivity (Wildman–Crippen MR) is 115 cm³/mol. The molecule has 0 spiro atoms. The third-order valence-corrected chi connectivity index (χ3v) is 6.79. The molecule has 3 saturated carbocycles. The smallest absolute Gasteiger partial charge is 0.265 e. The molecule has 168 valence electrons. The van der Waals surface area contributed by atoms with Crippen molar-refractivity contribution in [1.82, 2.24) is 5.32 Å². The van der Waals surface area contributed by atoms with Crippen molar-refractivity contribution in [3.8, 4) is 17.2 Å². The van der Waals surface area contributed by atoms with Gasteiger partial charge in [-0.3, -0.25) is 9.59 Å². The van der Waals surface area contributed by atoms with Gasteiger partial charge in [0.1, 0.15) is 24.8 Å². The number of fused-ring (bicyclic) bond motifs is 1. The van der Waals surface area contributed by atoms with Gasteiger partial charge in [0.25, 0.3) is 5.91 Å². The first kappa shape index (κ1) is 21.3. The Hall–Kier alpha value is -2.51. The zero-order valence-electron chi connectivity index (χ0n) is 17.0. The molecule has 1 heterocycles. The highest BCUT2D eigenvalue weighted by Gasteiger charge is 2.68. The van der Waals surface area contributed by atoms with Gasteiger partial charge >= 0.3 is 0 Å². The summed E-state index contributed by atoms with van der Waals surface area (Å²) < 4.78 is 30.2. The molecule has 2 aromatic carbocycles. The van der Waals surface area contributed by atoms with Crippen molar-refractivity contribution in [2.45, 2.75) is 37.3 Å². The van der Waals surface area contributed by atoms with E-state index in [1.165, 1.54) is 12.1 Å². The Labute approximate surface area is 193 Å². The number of halogens is 3. The Balaban J connectivity index is 1.08. The first-order chi connectivity index (χ1) is 15.2. The number of hydrogen-bond acceptors (Lipinski definition) is 5. The molecule has 1 atom stereocenters. The van der Waals surface area contributed by atoms with Gasteiger partial charge in [-0.15, -0.1) is 0 Å². The summed E-state index contributed by atoms with van der Waals surface area (Å²) in [5, 5.41) is 3.61. The van der Waals surface area contributed by atoms with Crippen LogP contribution in [-0.4, -0.2) is 36.5 Å². The zero-order chi connectivity index (χ0) is 22.5. The number of benzene rings is 2. The molecule has 9 heteroatoms. The molecule has 2 aromatic rings. The van der Waals surface area contributed by atoms with Crippen molar-refractivity contribution in [2.24, 2.45) is 5.41 Å². The van der Waals surface area contributed by atoms with Crippen LogP contribution in [0, 0.1) is 11.2 Å². The highest BCUT2D eigenvalue weighted by Crippen LogP contribution is 2.69. The van der Waals surface area contributed by atoms with Crippen LogP contribution in [0.25, 0.3) is 0 Å². The molecule has 1 N–H and O–H groups in total. The number of rotatable bonds is 7. The van der Waals surface area contributed by atoms with E-state index in [1.807, 2.05) is 0 Å². The van der Waals surface area contributed by atoms with Crippen molar-refractivity contribution < 1.29 is 28.2 Å². The molecule has 1 amide bonds. The average Bonchev–Trinajstić information content (AvgIpc) is 2.71. The topological polar surface area (TPSA) is 73.9 Å². The molecule has 3 aliphatic carbocycles. The second-order valence-corrected chi connectivity index (χ2v) is 9.73. The SMILES string of the molecule is O=C(COc1ccc(Cl)c(F)c1)CC12CC(NC(=O)[C@H]3COc4cc(Cl)ccc4O3)(C1)C2. The lowest BCUT2D eigenvalue weighted by Crippen LogP contribution is -2.76. The molecular formula is C23H20Cl2FNO5. The molecule has 0 saturated heterocycles. The molecule has 3 fully saturated rings.